The molecule has 1 heterocycles. The normalized spacial score (nSPS) is 22.2. The smallest absolute Gasteiger partial charge is 0.00458 e. The van der Waals surface area contributed by atoms with Gasteiger partial charge in [-0.2, -0.15) is 12.6 Å². The Bertz CT molecular complexity index is 188. The van der Waals surface area contributed by atoms with Gasteiger partial charge in [0.2, 0.25) is 0 Å². The Morgan fingerprint density at radius 1 is 1.27 bits per heavy atom. The van der Waals surface area contributed by atoms with Crippen molar-refractivity contribution in [3.8, 4) is 0 Å². The van der Waals surface area contributed by atoms with Crippen molar-refractivity contribution >= 4 is 12.6 Å². The van der Waals surface area contributed by atoms with Crippen LogP contribution in [0.2, 0.25) is 0 Å². The fourth-order valence-electron chi connectivity index (χ4n) is 2.58. The molecule has 0 aromatic carbocycles. The average Bonchev–Trinajstić information content (AvgIpc) is 2.55. The van der Waals surface area contributed by atoms with Crippen LogP contribution in [0.15, 0.2) is 0 Å². The third kappa shape index (κ3) is 3.39. The van der Waals surface area contributed by atoms with E-state index in [1.165, 1.54) is 38.9 Å². The monoisotopic (exact) mass is 229 g/mol. The van der Waals surface area contributed by atoms with E-state index in [1.807, 2.05) is 0 Å². The van der Waals surface area contributed by atoms with Crippen molar-refractivity contribution in [3.05, 3.63) is 0 Å². The van der Waals surface area contributed by atoms with Crippen LogP contribution in [0.5, 0.6) is 0 Å². The summed E-state index contributed by atoms with van der Waals surface area (Å²) in [6, 6.07) is 0. The predicted octanol–water partition coefficient (Wildman–Crippen LogP) is 3.45. The lowest BCUT2D eigenvalue weighted by Gasteiger charge is -2.35. The zero-order valence-electron chi connectivity index (χ0n) is 10.8. The van der Waals surface area contributed by atoms with Crippen LogP contribution >= 0.6 is 12.6 Å². The summed E-state index contributed by atoms with van der Waals surface area (Å²) in [5.41, 5.74) is 0.980. The minimum atomic E-state index is 0.448. The van der Waals surface area contributed by atoms with E-state index in [4.69, 9.17) is 0 Å². The molecule has 0 bridgehead atoms. The number of thiol groups is 1. The van der Waals surface area contributed by atoms with E-state index < -0.39 is 0 Å². The van der Waals surface area contributed by atoms with E-state index in [9.17, 15) is 0 Å². The first-order chi connectivity index (χ1) is 6.97. The van der Waals surface area contributed by atoms with Crippen molar-refractivity contribution < 1.29 is 0 Å². The molecule has 0 spiro atoms. The molecule has 90 valence electrons. The van der Waals surface area contributed by atoms with Crippen LogP contribution in [-0.2, 0) is 0 Å². The first-order valence-corrected chi connectivity index (χ1v) is 6.93. The summed E-state index contributed by atoms with van der Waals surface area (Å²) in [7, 11) is 0. The van der Waals surface area contributed by atoms with Crippen molar-refractivity contribution in [2.24, 2.45) is 10.8 Å². The Labute approximate surface area is 101 Å². The standard InChI is InChI=1S/C13H27NS/c1-5-13(6-2,11-15)10-14-8-7-12(3,4)9-14/h15H,5-11H2,1-4H3. The maximum Gasteiger partial charge on any atom is 0.00458 e. The van der Waals surface area contributed by atoms with Gasteiger partial charge >= 0.3 is 0 Å². The van der Waals surface area contributed by atoms with Gasteiger partial charge in [-0.05, 0) is 42.4 Å². The van der Waals surface area contributed by atoms with Crippen LogP contribution in [-0.4, -0.2) is 30.3 Å². The van der Waals surface area contributed by atoms with Crippen LogP contribution in [0.25, 0.3) is 0 Å². The molecular formula is C13H27NS. The molecule has 1 aliphatic heterocycles. The van der Waals surface area contributed by atoms with E-state index in [0.29, 0.717) is 10.8 Å². The molecule has 0 aliphatic carbocycles. The van der Waals surface area contributed by atoms with E-state index in [0.717, 1.165) is 5.75 Å². The highest BCUT2D eigenvalue weighted by atomic mass is 32.1. The fraction of sp³-hybridized carbons (Fsp3) is 1.00. The first kappa shape index (κ1) is 13.4. The maximum absolute atomic E-state index is 4.55. The second kappa shape index (κ2) is 5.09. The molecule has 2 heteroatoms. The number of nitrogens with zero attached hydrogens (tertiary/aromatic N) is 1. The molecule has 0 saturated carbocycles. The van der Waals surface area contributed by atoms with Gasteiger partial charge in [0.15, 0.2) is 0 Å². The molecule has 1 saturated heterocycles. The lowest BCUT2D eigenvalue weighted by Crippen LogP contribution is -2.38. The van der Waals surface area contributed by atoms with Crippen LogP contribution in [0.3, 0.4) is 0 Å². The molecule has 0 atom stereocenters. The zero-order chi connectivity index (χ0) is 11.5. The topological polar surface area (TPSA) is 3.24 Å². The van der Waals surface area contributed by atoms with Crippen molar-refractivity contribution in [3.63, 3.8) is 0 Å². The molecule has 0 aromatic rings. The largest absolute Gasteiger partial charge is 0.302 e. The van der Waals surface area contributed by atoms with Gasteiger partial charge in [-0.1, -0.05) is 27.7 Å². The summed E-state index contributed by atoms with van der Waals surface area (Å²) in [5, 5.41) is 0. The minimum absolute atomic E-state index is 0.448. The average molecular weight is 229 g/mol. The van der Waals surface area contributed by atoms with Crippen molar-refractivity contribution in [2.45, 2.75) is 47.0 Å². The van der Waals surface area contributed by atoms with Crippen molar-refractivity contribution in [1.29, 1.82) is 0 Å². The summed E-state index contributed by atoms with van der Waals surface area (Å²) in [6.45, 7) is 13.2. The van der Waals surface area contributed by atoms with E-state index in [1.54, 1.807) is 0 Å². The van der Waals surface area contributed by atoms with Gasteiger partial charge in [-0.25, -0.2) is 0 Å². The van der Waals surface area contributed by atoms with Gasteiger partial charge in [0.05, 0.1) is 0 Å². The second-order valence-electron chi connectivity index (χ2n) is 5.99. The SMILES string of the molecule is CCC(CC)(CS)CN1CCC(C)(C)C1. The van der Waals surface area contributed by atoms with Crippen molar-refractivity contribution in [2.75, 3.05) is 25.4 Å². The number of hydrogen-bond acceptors (Lipinski definition) is 2. The molecule has 1 fully saturated rings. The molecule has 1 nitrogen and oxygen atoms in total. The summed E-state index contributed by atoms with van der Waals surface area (Å²) in [4.78, 5) is 2.64. The Kier molecular flexibility index (Phi) is 4.54. The van der Waals surface area contributed by atoms with Gasteiger partial charge in [-0.15, -0.1) is 0 Å². The van der Waals surface area contributed by atoms with Crippen LogP contribution in [0, 0.1) is 10.8 Å². The van der Waals surface area contributed by atoms with E-state index in [2.05, 4.69) is 45.2 Å². The van der Waals surface area contributed by atoms with Crippen LogP contribution in [0.1, 0.15) is 47.0 Å². The fourth-order valence-corrected chi connectivity index (χ4v) is 3.13. The highest BCUT2D eigenvalue weighted by molar-refractivity contribution is 7.80. The third-order valence-electron chi connectivity index (χ3n) is 4.15. The van der Waals surface area contributed by atoms with Crippen LogP contribution in [0.4, 0.5) is 0 Å². The predicted molar refractivity (Wildman–Crippen MR) is 71.7 cm³/mol. The molecule has 0 amide bonds. The highest BCUT2D eigenvalue weighted by Gasteiger charge is 2.34. The molecule has 0 unspecified atom stereocenters. The summed E-state index contributed by atoms with van der Waals surface area (Å²) in [6.07, 6.45) is 3.86. The highest BCUT2D eigenvalue weighted by Crippen LogP contribution is 2.34. The summed E-state index contributed by atoms with van der Waals surface area (Å²) < 4.78 is 0. The number of likely N-dealkylation sites (tertiary alicyclic amines) is 1. The van der Waals surface area contributed by atoms with E-state index in [-0.39, 0.29) is 0 Å². The summed E-state index contributed by atoms with van der Waals surface area (Å²) in [5.74, 6) is 1.02. The maximum atomic E-state index is 4.55. The number of rotatable bonds is 5. The zero-order valence-corrected chi connectivity index (χ0v) is 11.7. The van der Waals surface area contributed by atoms with E-state index >= 15 is 0 Å². The molecule has 0 N–H and O–H groups in total. The molecule has 1 aliphatic rings. The van der Waals surface area contributed by atoms with Crippen molar-refractivity contribution in [1.82, 2.24) is 4.90 Å². The quantitative estimate of drug-likeness (QED) is 0.707. The second-order valence-corrected chi connectivity index (χ2v) is 6.31. The Morgan fingerprint density at radius 2 is 1.87 bits per heavy atom. The lowest BCUT2D eigenvalue weighted by atomic mass is 9.84. The first-order valence-electron chi connectivity index (χ1n) is 6.30. The molecule has 1 rings (SSSR count). The van der Waals surface area contributed by atoms with Gasteiger partial charge in [-0.3, -0.25) is 0 Å². The third-order valence-corrected chi connectivity index (χ3v) is 4.82. The molecule has 0 aromatic heterocycles. The Hall–Kier alpha value is 0.310. The van der Waals surface area contributed by atoms with Gasteiger partial charge in [0.1, 0.15) is 0 Å². The number of hydrogen-bond donors (Lipinski definition) is 1. The van der Waals surface area contributed by atoms with Crippen LogP contribution < -0.4 is 0 Å². The minimum Gasteiger partial charge on any atom is -0.302 e. The molecule has 0 radical (unpaired) electrons. The lowest BCUT2D eigenvalue weighted by molar-refractivity contribution is 0.172. The van der Waals surface area contributed by atoms with Gasteiger partial charge in [0, 0.05) is 13.1 Å². The summed E-state index contributed by atoms with van der Waals surface area (Å²) >= 11 is 4.55. The Balaban J connectivity index is 2.53. The molecule has 15 heavy (non-hydrogen) atoms. The van der Waals surface area contributed by atoms with Gasteiger partial charge in [0.25, 0.3) is 0 Å². The Morgan fingerprint density at radius 3 is 2.20 bits per heavy atom. The van der Waals surface area contributed by atoms with Gasteiger partial charge < -0.3 is 4.90 Å². The molecular weight excluding hydrogens is 202 g/mol.